The van der Waals surface area contributed by atoms with E-state index >= 15 is 0 Å². The first-order chi connectivity index (χ1) is 9.04. The fraction of sp³-hybridized carbons (Fsp3) is 0.500. The van der Waals surface area contributed by atoms with E-state index in [1.807, 2.05) is 18.2 Å². The molecule has 0 spiro atoms. The first-order valence-corrected chi connectivity index (χ1v) is 7.19. The van der Waals surface area contributed by atoms with E-state index in [0.717, 1.165) is 34.7 Å². The number of methoxy groups -OCH3 is 2. The number of anilines is 1. The van der Waals surface area contributed by atoms with Gasteiger partial charge in [0.15, 0.2) is 5.17 Å². The summed E-state index contributed by atoms with van der Waals surface area (Å²) in [5.74, 6) is 2.60. The SMILES string of the molecule is COc1ccc(NC2=NCC(C)(C)CS2)c(OC)c1. The Morgan fingerprint density at radius 3 is 2.63 bits per heavy atom. The predicted octanol–water partition coefficient (Wildman–Crippen LogP) is 3.24. The van der Waals surface area contributed by atoms with Gasteiger partial charge in [-0.3, -0.25) is 4.99 Å². The lowest BCUT2D eigenvalue weighted by molar-refractivity contribution is 0.395. The van der Waals surface area contributed by atoms with Crippen LogP contribution in [0.5, 0.6) is 11.5 Å². The monoisotopic (exact) mass is 280 g/mol. The van der Waals surface area contributed by atoms with Crippen LogP contribution in [0.2, 0.25) is 0 Å². The number of aliphatic imine (C=N–C) groups is 1. The number of amidine groups is 1. The van der Waals surface area contributed by atoms with E-state index in [9.17, 15) is 0 Å². The van der Waals surface area contributed by atoms with Gasteiger partial charge in [0.05, 0.1) is 19.9 Å². The van der Waals surface area contributed by atoms with Crippen LogP contribution in [0.3, 0.4) is 0 Å². The van der Waals surface area contributed by atoms with Crippen LogP contribution in [0.15, 0.2) is 23.2 Å². The first kappa shape index (κ1) is 14.1. The predicted molar refractivity (Wildman–Crippen MR) is 81.7 cm³/mol. The smallest absolute Gasteiger partial charge is 0.161 e. The number of rotatable bonds is 3. The highest BCUT2D eigenvalue weighted by molar-refractivity contribution is 8.14. The van der Waals surface area contributed by atoms with E-state index in [1.54, 1.807) is 26.0 Å². The van der Waals surface area contributed by atoms with E-state index in [2.05, 4.69) is 24.2 Å². The van der Waals surface area contributed by atoms with Crippen LogP contribution in [0, 0.1) is 5.41 Å². The molecule has 1 aromatic carbocycles. The van der Waals surface area contributed by atoms with Gasteiger partial charge in [-0.1, -0.05) is 25.6 Å². The van der Waals surface area contributed by atoms with Crippen LogP contribution in [-0.4, -0.2) is 31.7 Å². The standard InChI is InChI=1S/C14H20N2O2S/c1-14(2)8-15-13(19-9-14)16-11-6-5-10(17-3)7-12(11)18-4/h5-7H,8-9H2,1-4H3,(H,15,16). The Kier molecular flexibility index (Phi) is 4.24. The normalized spacial score (nSPS) is 17.6. The largest absolute Gasteiger partial charge is 0.497 e. The molecule has 2 rings (SSSR count). The summed E-state index contributed by atoms with van der Waals surface area (Å²) >= 11 is 1.75. The molecule has 0 fully saturated rings. The van der Waals surface area contributed by atoms with Gasteiger partial charge in [-0.05, 0) is 17.5 Å². The van der Waals surface area contributed by atoms with Crippen LogP contribution >= 0.6 is 11.8 Å². The topological polar surface area (TPSA) is 42.8 Å². The summed E-state index contributed by atoms with van der Waals surface area (Å²) in [7, 11) is 3.30. The van der Waals surface area contributed by atoms with Gasteiger partial charge in [-0.2, -0.15) is 0 Å². The van der Waals surface area contributed by atoms with Crippen molar-refractivity contribution in [1.82, 2.24) is 0 Å². The third-order valence-corrected chi connectivity index (χ3v) is 4.33. The summed E-state index contributed by atoms with van der Waals surface area (Å²) < 4.78 is 10.5. The van der Waals surface area contributed by atoms with Gasteiger partial charge in [-0.25, -0.2) is 0 Å². The molecule has 19 heavy (non-hydrogen) atoms. The number of ether oxygens (including phenoxy) is 2. The van der Waals surface area contributed by atoms with Crippen LogP contribution in [0.25, 0.3) is 0 Å². The molecule has 0 saturated carbocycles. The summed E-state index contributed by atoms with van der Waals surface area (Å²) in [6, 6.07) is 5.71. The quantitative estimate of drug-likeness (QED) is 0.923. The molecule has 1 aromatic rings. The van der Waals surface area contributed by atoms with Gasteiger partial charge < -0.3 is 14.8 Å². The first-order valence-electron chi connectivity index (χ1n) is 6.20. The van der Waals surface area contributed by atoms with Gasteiger partial charge in [0.25, 0.3) is 0 Å². The average molecular weight is 280 g/mol. The Labute approximate surface area is 118 Å². The Balaban J connectivity index is 2.13. The maximum Gasteiger partial charge on any atom is 0.161 e. The van der Waals surface area contributed by atoms with Crippen molar-refractivity contribution in [3.63, 3.8) is 0 Å². The van der Waals surface area contributed by atoms with Gasteiger partial charge >= 0.3 is 0 Å². The molecule has 0 amide bonds. The van der Waals surface area contributed by atoms with E-state index < -0.39 is 0 Å². The van der Waals surface area contributed by atoms with Crippen molar-refractivity contribution in [3.8, 4) is 11.5 Å². The highest BCUT2D eigenvalue weighted by Crippen LogP contribution is 2.32. The Bertz CT molecular complexity index is 486. The minimum Gasteiger partial charge on any atom is -0.497 e. The van der Waals surface area contributed by atoms with E-state index in [4.69, 9.17) is 9.47 Å². The van der Waals surface area contributed by atoms with Crippen molar-refractivity contribution in [2.45, 2.75) is 13.8 Å². The number of hydrogen-bond acceptors (Lipinski definition) is 5. The molecule has 104 valence electrons. The molecule has 0 bridgehead atoms. The summed E-state index contributed by atoms with van der Waals surface area (Å²) in [5.41, 5.74) is 1.19. The summed E-state index contributed by atoms with van der Waals surface area (Å²) in [5, 5.41) is 4.27. The number of hydrogen-bond donors (Lipinski definition) is 1. The van der Waals surface area contributed by atoms with Crippen LogP contribution in [0.1, 0.15) is 13.8 Å². The van der Waals surface area contributed by atoms with Gasteiger partial charge in [0.2, 0.25) is 0 Å². The lowest BCUT2D eigenvalue weighted by atomic mass is 9.97. The molecule has 1 aliphatic heterocycles. The zero-order valence-corrected chi connectivity index (χ0v) is 12.6. The lowest BCUT2D eigenvalue weighted by Gasteiger charge is -2.27. The fourth-order valence-corrected chi connectivity index (χ4v) is 2.69. The van der Waals surface area contributed by atoms with Crippen LogP contribution < -0.4 is 14.8 Å². The number of thioether (sulfide) groups is 1. The van der Waals surface area contributed by atoms with Gasteiger partial charge in [0, 0.05) is 18.4 Å². The Morgan fingerprint density at radius 2 is 2.05 bits per heavy atom. The average Bonchev–Trinajstić information content (AvgIpc) is 2.41. The van der Waals surface area contributed by atoms with Gasteiger partial charge in [-0.15, -0.1) is 0 Å². The molecule has 1 N–H and O–H groups in total. The second-order valence-corrected chi connectivity index (χ2v) is 6.23. The summed E-state index contributed by atoms with van der Waals surface area (Å²) in [6.07, 6.45) is 0. The third kappa shape index (κ3) is 3.56. The third-order valence-electron chi connectivity index (χ3n) is 2.90. The second-order valence-electron chi connectivity index (χ2n) is 5.27. The minimum absolute atomic E-state index is 0.278. The minimum atomic E-state index is 0.278. The van der Waals surface area contributed by atoms with Crippen molar-refractivity contribution in [3.05, 3.63) is 18.2 Å². The van der Waals surface area contributed by atoms with Crippen molar-refractivity contribution in [2.24, 2.45) is 10.4 Å². The summed E-state index contributed by atoms with van der Waals surface area (Å²) in [4.78, 5) is 4.58. The van der Waals surface area contributed by atoms with Crippen molar-refractivity contribution >= 4 is 22.6 Å². The van der Waals surface area contributed by atoms with Crippen molar-refractivity contribution < 1.29 is 9.47 Å². The van der Waals surface area contributed by atoms with Crippen molar-refractivity contribution in [1.29, 1.82) is 0 Å². The number of benzene rings is 1. The molecule has 0 aliphatic carbocycles. The molecule has 5 heteroatoms. The molecular weight excluding hydrogens is 260 g/mol. The van der Waals surface area contributed by atoms with E-state index in [1.165, 1.54) is 0 Å². The fourth-order valence-electron chi connectivity index (χ4n) is 1.73. The Hall–Kier alpha value is -1.36. The van der Waals surface area contributed by atoms with Crippen LogP contribution in [-0.2, 0) is 0 Å². The second kappa shape index (κ2) is 5.74. The molecule has 1 aliphatic rings. The zero-order valence-electron chi connectivity index (χ0n) is 11.8. The molecule has 0 unspecified atom stereocenters. The molecule has 4 nitrogen and oxygen atoms in total. The highest BCUT2D eigenvalue weighted by Gasteiger charge is 2.23. The van der Waals surface area contributed by atoms with Crippen LogP contribution in [0.4, 0.5) is 5.69 Å². The molecule has 1 heterocycles. The molecule has 0 radical (unpaired) electrons. The molecule has 0 aromatic heterocycles. The summed E-state index contributed by atoms with van der Waals surface area (Å²) in [6.45, 7) is 5.31. The van der Waals surface area contributed by atoms with Crippen molar-refractivity contribution in [2.75, 3.05) is 31.8 Å². The molecule has 0 atom stereocenters. The number of nitrogens with one attached hydrogen (secondary N) is 1. The number of nitrogens with zero attached hydrogens (tertiary/aromatic N) is 1. The van der Waals surface area contributed by atoms with E-state index in [-0.39, 0.29) is 5.41 Å². The van der Waals surface area contributed by atoms with Gasteiger partial charge in [0.1, 0.15) is 11.5 Å². The maximum absolute atomic E-state index is 5.36. The van der Waals surface area contributed by atoms with E-state index in [0.29, 0.717) is 0 Å². The Morgan fingerprint density at radius 1 is 1.26 bits per heavy atom. The lowest BCUT2D eigenvalue weighted by Crippen LogP contribution is -2.27. The maximum atomic E-state index is 5.36. The highest BCUT2D eigenvalue weighted by atomic mass is 32.2. The molecular formula is C14H20N2O2S. The zero-order chi connectivity index (χ0) is 13.9. The molecule has 0 saturated heterocycles.